The van der Waals surface area contributed by atoms with Gasteiger partial charge in [0.15, 0.2) is 11.6 Å². The van der Waals surface area contributed by atoms with E-state index in [1.165, 1.54) is 14.2 Å². The Morgan fingerprint density at radius 2 is 1.43 bits per heavy atom. The molecular weight excluding hydrogens is 287 g/mol. The lowest BCUT2D eigenvalue weighted by Crippen LogP contribution is -2.36. The van der Waals surface area contributed by atoms with Gasteiger partial charge < -0.3 is 9.47 Å². The molecule has 7 heteroatoms. The van der Waals surface area contributed by atoms with E-state index >= 15 is 0 Å². The van der Waals surface area contributed by atoms with Crippen LogP contribution in [0.1, 0.15) is 0 Å². The van der Waals surface area contributed by atoms with Crippen molar-refractivity contribution in [1.29, 1.82) is 0 Å². The molecule has 2 nitrogen and oxygen atoms in total. The fourth-order valence-electron chi connectivity index (χ4n) is 1.94. The van der Waals surface area contributed by atoms with E-state index in [2.05, 4.69) is 0 Å². The molecule has 2 aromatic rings. The molecule has 0 atom stereocenters. The van der Waals surface area contributed by atoms with Gasteiger partial charge in [-0.2, -0.15) is 0 Å². The van der Waals surface area contributed by atoms with Gasteiger partial charge in [-0.3, -0.25) is 0 Å². The summed E-state index contributed by atoms with van der Waals surface area (Å²) in [5.74, 6) is -3.96. The van der Waals surface area contributed by atoms with E-state index in [0.717, 1.165) is 24.3 Å². The van der Waals surface area contributed by atoms with Crippen molar-refractivity contribution >= 4 is 18.2 Å². The maximum absolute atomic E-state index is 14.0. The molecule has 21 heavy (non-hydrogen) atoms. The van der Waals surface area contributed by atoms with Crippen molar-refractivity contribution in [2.24, 2.45) is 0 Å². The molecule has 0 bridgehead atoms. The first-order valence-electron chi connectivity index (χ1n) is 6.00. The Hall–Kier alpha value is -2.18. The van der Waals surface area contributed by atoms with Crippen LogP contribution in [0.4, 0.5) is 17.6 Å². The van der Waals surface area contributed by atoms with Crippen molar-refractivity contribution in [1.82, 2.24) is 0 Å². The minimum atomic E-state index is -0.980. The molecule has 110 valence electrons. The first kappa shape index (κ1) is 15.2. The molecule has 0 fully saturated rings. The summed E-state index contributed by atoms with van der Waals surface area (Å²) in [4.78, 5) is 0. The maximum Gasteiger partial charge on any atom is 0.207 e. The number of halogens is 4. The van der Waals surface area contributed by atoms with Crippen LogP contribution in [0.3, 0.4) is 0 Å². The highest BCUT2D eigenvalue weighted by Gasteiger charge is 2.20. The van der Waals surface area contributed by atoms with Crippen molar-refractivity contribution in [3.05, 3.63) is 47.5 Å². The zero-order valence-electron chi connectivity index (χ0n) is 11.3. The molecule has 0 heterocycles. The van der Waals surface area contributed by atoms with Crippen molar-refractivity contribution < 1.29 is 27.0 Å². The lowest BCUT2D eigenvalue weighted by Gasteiger charge is -2.10. The molecule has 0 aliphatic heterocycles. The smallest absolute Gasteiger partial charge is 0.207 e. The highest BCUT2D eigenvalue weighted by Crippen LogP contribution is 2.16. The summed E-state index contributed by atoms with van der Waals surface area (Å²) in [6.45, 7) is 0. The minimum Gasteiger partial charge on any atom is -0.497 e. The number of hydrogen-bond donors (Lipinski definition) is 0. The maximum atomic E-state index is 14.0. The number of methoxy groups -OCH3 is 2. The third-order valence-electron chi connectivity index (χ3n) is 3.07. The molecule has 2 aromatic carbocycles. The molecule has 0 spiro atoms. The van der Waals surface area contributed by atoms with E-state index in [4.69, 9.17) is 9.47 Å². The zero-order chi connectivity index (χ0) is 15.6. The molecule has 0 unspecified atom stereocenters. The molecule has 0 amide bonds. The Bertz CT molecular complexity index is 653. The lowest BCUT2D eigenvalue weighted by atomic mass is 9.63. The van der Waals surface area contributed by atoms with E-state index < -0.39 is 41.5 Å². The van der Waals surface area contributed by atoms with Gasteiger partial charge in [0.05, 0.1) is 14.2 Å². The normalized spacial score (nSPS) is 10.4. The van der Waals surface area contributed by atoms with Crippen LogP contribution in [-0.4, -0.2) is 21.5 Å². The van der Waals surface area contributed by atoms with Gasteiger partial charge in [-0.05, 0) is 23.1 Å². The van der Waals surface area contributed by atoms with Crippen LogP contribution in [-0.2, 0) is 0 Å². The second-order valence-corrected chi connectivity index (χ2v) is 4.29. The second-order valence-electron chi connectivity index (χ2n) is 4.29. The monoisotopic (exact) mass is 298 g/mol. The van der Waals surface area contributed by atoms with Gasteiger partial charge in [0.25, 0.3) is 0 Å². The number of rotatable bonds is 4. The standard InChI is InChI=1S/C14H11BF4O2/c1-20-7-5-9(17)12(10(18)6-7)15-13-8(16)3-4-11(21-2)14(13)19/h3-6,15H,1-2H3. The third-order valence-corrected chi connectivity index (χ3v) is 3.07. The van der Waals surface area contributed by atoms with Gasteiger partial charge in [0.2, 0.25) is 7.28 Å². The summed E-state index contributed by atoms with van der Waals surface area (Å²) in [6.07, 6.45) is 0. The minimum absolute atomic E-state index is 0.0136. The van der Waals surface area contributed by atoms with E-state index in [1.807, 2.05) is 0 Å². The van der Waals surface area contributed by atoms with Crippen molar-refractivity contribution in [2.45, 2.75) is 0 Å². The van der Waals surface area contributed by atoms with Gasteiger partial charge in [0, 0.05) is 12.1 Å². The van der Waals surface area contributed by atoms with Crippen LogP contribution in [0.25, 0.3) is 0 Å². The average molecular weight is 298 g/mol. The predicted molar refractivity (Wildman–Crippen MR) is 72.2 cm³/mol. The van der Waals surface area contributed by atoms with Gasteiger partial charge in [-0.15, -0.1) is 0 Å². The molecule has 0 aliphatic carbocycles. The molecule has 0 saturated carbocycles. The van der Waals surface area contributed by atoms with E-state index in [0.29, 0.717) is 0 Å². The largest absolute Gasteiger partial charge is 0.497 e. The molecule has 0 N–H and O–H groups in total. The summed E-state index contributed by atoms with van der Waals surface area (Å²) >= 11 is 0. The van der Waals surface area contributed by atoms with E-state index in [-0.39, 0.29) is 11.5 Å². The molecule has 0 aromatic heterocycles. The van der Waals surface area contributed by atoms with Crippen LogP contribution < -0.4 is 20.4 Å². The Labute approximate surface area is 119 Å². The van der Waals surface area contributed by atoms with E-state index in [1.54, 1.807) is 0 Å². The van der Waals surface area contributed by atoms with Gasteiger partial charge >= 0.3 is 0 Å². The van der Waals surface area contributed by atoms with Gasteiger partial charge in [-0.25, -0.2) is 17.6 Å². The Morgan fingerprint density at radius 3 is 1.95 bits per heavy atom. The molecule has 0 aliphatic rings. The highest BCUT2D eigenvalue weighted by molar-refractivity contribution is 6.67. The first-order valence-corrected chi connectivity index (χ1v) is 6.00. The lowest BCUT2D eigenvalue weighted by molar-refractivity contribution is 0.386. The average Bonchev–Trinajstić information content (AvgIpc) is 2.45. The fraction of sp³-hybridized carbons (Fsp3) is 0.143. The predicted octanol–water partition coefficient (Wildman–Crippen LogP) is 1.65. The highest BCUT2D eigenvalue weighted by atomic mass is 19.1. The summed E-state index contributed by atoms with van der Waals surface area (Å²) in [6, 6.07) is 3.99. The Balaban J connectivity index is 2.48. The molecule has 0 radical (unpaired) electrons. The van der Waals surface area contributed by atoms with Gasteiger partial charge in [-0.1, -0.05) is 0 Å². The van der Waals surface area contributed by atoms with Crippen LogP contribution >= 0.6 is 0 Å². The first-order chi connectivity index (χ1) is 9.97. The summed E-state index contributed by atoms with van der Waals surface area (Å²) in [5.41, 5.74) is -0.904. The summed E-state index contributed by atoms with van der Waals surface area (Å²) < 4.78 is 64.8. The third kappa shape index (κ3) is 2.96. The van der Waals surface area contributed by atoms with Crippen LogP contribution in [0.2, 0.25) is 0 Å². The van der Waals surface area contributed by atoms with Crippen LogP contribution in [0, 0.1) is 23.3 Å². The van der Waals surface area contributed by atoms with Crippen LogP contribution in [0.5, 0.6) is 11.5 Å². The van der Waals surface area contributed by atoms with Crippen molar-refractivity contribution in [2.75, 3.05) is 14.2 Å². The van der Waals surface area contributed by atoms with Gasteiger partial charge in [0.1, 0.15) is 23.2 Å². The zero-order valence-corrected chi connectivity index (χ0v) is 11.3. The fourth-order valence-corrected chi connectivity index (χ4v) is 1.94. The molecular formula is C14H11BF4O2. The van der Waals surface area contributed by atoms with Crippen molar-refractivity contribution in [3.63, 3.8) is 0 Å². The Morgan fingerprint density at radius 1 is 0.810 bits per heavy atom. The Kier molecular flexibility index (Phi) is 4.40. The second kappa shape index (κ2) is 6.07. The topological polar surface area (TPSA) is 18.5 Å². The van der Waals surface area contributed by atoms with Crippen LogP contribution in [0.15, 0.2) is 24.3 Å². The quantitative estimate of drug-likeness (QED) is 0.631. The molecule has 2 rings (SSSR count). The SMILES string of the molecule is COc1cc(F)c(Bc2c(F)ccc(OC)c2F)c(F)c1. The number of ether oxygens (including phenoxy) is 2. The number of hydrogen-bond acceptors (Lipinski definition) is 2. The van der Waals surface area contributed by atoms with Crippen molar-refractivity contribution in [3.8, 4) is 11.5 Å². The van der Waals surface area contributed by atoms with E-state index in [9.17, 15) is 17.6 Å². The number of benzene rings is 2. The summed E-state index contributed by atoms with van der Waals surface area (Å²) in [5, 5.41) is 0. The summed E-state index contributed by atoms with van der Waals surface area (Å²) in [7, 11) is 1.90. The molecule has 0 saturated heterocycles.